The van der Waals surface area contributed by atoms with E-state index in [9.17, 15) is 9.59 Å². The van der Waals surface area contributed by atoms with Crippen molar-refractivity contribution in [1.82, 2.24) is 0 Å². The number of carboxylic acid groups (broad SMARTS) is 1. The van der Waals surface area contributed by atoms with Crippen LogP contribution < -0.4 is 10.4 Å². The molecule has 2 rings (SSSR count). The summed E-state index contributed by atoms with van der Waals surface area (Å²) in [6.07, 6.45) is 0. The Morgan fingerprint density at radius 1 is 1.42 bits per heavy atom. The number of carbonyl (C=O) groups is 1. The molecule has 0 aliphatic rings. The van der Waals surface area contributed by atoms with Crippen molar-refractivity contribution in [3.05, 3.63) is 52.4 Å². The van der Waals surface area contributed by atoms with Crippen LogP contribution in [0.25, 0.3) is 11.0 Å². The van der Waals surface area contributed by atoms with E-state index in [1.807, 2.05) is 6.92 Å². The molecular weight excluding hydrogens is 248 g/mol. The Bertz CT molecular complexity index is 711. The second-order valence-corrected chi connectivity index (χ2v) is 4.20. The molecule has 5 nitrogen and oxygen atoms in total. The summed E-state index contributed by atoms with van der Waals surface area (Å²) in [4.78, 5) is 22.3. The van der Waals surface area contributed by atoms with Crippen molar-refractivity contribution in [1.29, 1.82) is 0 Å². The molecule has 98 valence electrons. The fourth-order valence-corrected chi connectivity index (χ4v) is 1.54. The molecule has 2 aromatic rings. The largest absolute Gasteiger partial charge is 0.489 e. The van der Waals surface area contributed by atoms with Crippen LogP contribution in [0.15, 0.2) is 45.6 Å². The minimum atomic E-state index is -1.31. The molecule has 0 spiro atoms. The maximum absolute atomic E-state index is 11.4. The van der Waals surface area contributed by atoms with Gasteiger partial charge in [0.25, 0.3) is 0 Å². The first-order chi connectivity index (χ1) is 8.97. The summed E-state index contributed by atoms with van der Waals surface area (Å²) < 4.78 is 10.4. The molecular formula is C14H12O5. The molecule has 5 heteroatoms. The lowest BCUT2D eigenvalue weighted by Gasteiger charge is -2.06. The first-order valence-electron chi connectivity index (χ1n) is 5.56. The van der Waals surface area contributed by atoms with E-state index >= 15 is 0 Å². The number of hydrogen-bond acceptors (Lipinski definition) is 4. The lowest BCUT2D eigenvalue weighted by atomic mass is 10.2. The second kappa shape index (κ2) is 4.97. The van der Waals surface area contributed by atoms with Crippen molar-refractivity contribution in [2.45, 2.75) is 6.92 Å². The summed E-state index contributed by atoms with van der Waals surface area (Å²) in [6.45, 7) is 5.91. The van der Waals surface area contributed by atoms with Gasteiger partial charge in [0, 0.05) is 11.5 Å². The quantitative estimate of drug-likeness (QED) is 0.675. The zero-order chi connectivity index (χ0) is 14.0. The Morgan fingerprint density at radius 3 is 2.79 bits per heavy atom. The molecule has 0 fully saturated rings. The van der Waals surface area contributed by atoms with E-state index in [2.05, 4.69) is 6.58 Å². The summed E-state index contributed by atoms with van der Waals surface area (Å²) in [7, 11) is 0. The lowest BCUT2D eigenvalue weighted by Crippen LogP contribution is -2.12. The van der Waals surface area contributed by atoms with E-state index in [1.165, 1.54) is 6.07 Å². The standard InChI is InChI=1S/C14H12O5/c1-8(2)7-18-10-4-3-9-5-11(13(15)16)14(17)19-12(9)6-10/h3-6H,1,7H2,2H3,(H,15,16). The van der Waals surface area contributed by atoms with Gasteiger partial charge in [-0.05, 0) is 30.7 Å². The summed E-state index contributed by atoms with van der Waals surface area (Å²) in [5.74, 6) is -0.778. The number of benzene rings is 1. The molecule has 0 amide bonds. The second-order valence-electron chi connectivity index (χ2n) is 4.20. The summed E-state index contributed by atoms with van der Waals surface area (Å²) in [6, 6.07) is 6.15. The summed E-state index contributed by atoms with van der Waals surface area (Å²) in [5, 5.41) is 9.36. The Hall–Kier alpha value is -2.56. The van der Waals surface area contributed by atoms with Gasteiger partial charge in [0.15, 0.2) is 0 Å². The molecule has 0 saturated heterocycles. The predicted octanol–water partition coefficient (Wildman–Crippen LogP) is 2.45. The van der Waals surface area contributed by atoms with Crippen LogP contribution in [0.1, 0.15) is 17.3 Å². The molecule has 0 saturated carbocycles. The Kier molecular flexibility index (Phi) is 3.37. The maximum atomic E-state index is 11.4. The predicted molar refractivity (Wildman–Crippen MR) is 69.8 cm³/mol. The SMILES string of the molecule is C=C(C)COc1ccc2cc(C(=O)O)c(=O)oc2c1. The van der Waals surface area contributed by atoms with Crippen LogP contribution in [0.2, 0.25) is 0 Å². The molecule has 1 N–H and O–H groups in total. The fourth-order valence-electron chi connectivity index (χ4n) is 1.54. The van der Waals surface area contributed by atoms with Crippen LogP contribution >= 0.6 is 0 Å². The first-order valence-corrected chi connectivity index (χ1v) is 5.56. The van der Waals surface area contributed by atoms with Crippen molar-refractivity contribution >= 4 is 16.9 Å². The van der Waals surface area contributed by atoms with Gasteiger partial charge >= 0.3 is 11.6 Å². The molecule has 1 aromatic carbocycles. The van der Waals surface area contributed by atoms with Crippen molar-refractivity contribution in [3.63, 3.8) is 0 Å². The topological polar surface area (TPSA) is 76.7 Å². The van der Waals surface area contributed by atoms with Gasteiger partial charge < -0.3 is 14.3 Å². The number of aromatic carboxylic acids is 1. The molecule has 0 aliphatic heterocycles. The molecule has 0 atom stereocenters. The van der Waals surface area contributed by atoms with Gasteiger partial charge in [0.1, 0.15) is 23.5 Å². The number of hydrogen-bond donors (Lipinski definition) is 1. The van der Waals surface area contributed by atoms with E-state index in [0.29, 0.717) is 17.7 Å². The Balaban J connectivity index is 2.44. The minimum absolute atomic E-state index is 0.286. The Labute approximate surface area is 108 Å². The molecule has 0 aliphatic carbocycles. The van der Waals surface area contributed by atoms with Crippen molar-refractivity contribution < 1.29 is 19.1 Å². The van der Waals surface area contributed by atoms with E-state index in [0.717, 1.165) is 5.57 Å². The molecule has 1 aromatic heterocycles. The van der Waals surface area contributed by atoms with Crippen LogP contribution in [0.4, 0.5) is 0 Å². The normalized spacial score (nSPS) is 10.4. The van der Waals surface area contributed by atoms with Gasteiger partial charge in [-0.1, -0.05) is 6.58 Å². The number of ether oxygens (including phenoxy) is 1. The first kappa shape index (κ1) is 12.9. The number of carboxylic acids is 1. The highest BCUT2D eigenvalue weighted by Crippen LogP contribution is 2.20. The third kappa shape index (κ3) is 2.82. The van der Waals surface area contributed by atoms with Gasteiger partial charge in [-0.3, -0.25) is 0 Å². The zero-order valence-electron chi connectivity index (χ0n) is 10.3. The van der Waals surface area contributed by atoms with Crippen molar-refractivity contribution in [2.24, 2.45) is 0 Å². The van der Waals surface area contributed by atoms with E-state index in [-0.39, 0.29) is 11.1 Å². The highest BCUT2D eigenvalue weighted by molar-refractivity contribution is 5.91. The maximum Gasteiger partial charge on any atom is 0.351 e. The van der Waals surface area contributed by atoms with Gasteiger partial charge in [-0.25, -0.2) is 9.59 Å². The monoisotopic (exact) mass is 260 g/mol. The molecule has 1 heterocycles. The fraction of sp³-hybridized carbons (Fsp3) is 0.143. The van der Waals surface area contributed by atoms with Crippen molar-refractivity contribution in [2.75, 3.05) is 6.61 Å². The van der Waals surface area contributed by atoms with Crippen LogP contribution in [-0.4, -0.2) is 17.7 Å². The molecule has 0 bridgehead atoms. The molecule has 0 radical (unpaired) electrons. The number of fused-ring (bicyclic) bond motifs is 1. The average Bonchev–Trinajstić information content (AvgIpc) is 2.34. The lowest BCUT2D eigenvalue weighted by molar-refractivity contribution is 0.0692. The van der Waals surface area contributed by atoms with E-state index in [1.54, 1.807) is 18.2 Å². The highest BCUT2D eigenvalue weighted by Gasteiger charge is 2.12. The van der Waals surface area contributed by atoms with Crippen LogP contribution in [0.5, 0.6) is 5.75 Å². The minimum Gasteiger partial charge on any atom is -0.489 e. The molecule has 19 heavy (non-hydrogen) atoms. The van der Waals surface area contributed by atoms with E-state index in [4.69, 9.17) is 14.3 Å². The third-order valence-electron chi connectivity index (χ3n) is 2.42. The van der Waals surface area contributed by atoms with E-state index < -0.39 is 11.6 Å². The Morgan fingerprint density at radius 2 is 2.16 bits per heavy atom. The average molecular weight is 260 g/mol. The van der Waals surface area contributed by atoms with Gasteiger partial charge in [-0.15, -0.1) is 0 Å². The number of rotatable bonds is 4. The van der Waals surface area contributed by atoms with Crippen LogP contribution in [0, 0.1) is 0 Å². The molecule has 0 unspecified atom stereocenters. The van der Waals surface area contributed by atoms with Gasteiger partial charge in [0.05, 0.1) is 0 Å². The smallest absolute Gasteiger partial charge is 0.351 e. The van der Waals surface area contributed by atoms with Crippen LogP contribution in [-0.2, 0) is 0 Å². The zero-order valence-corrected chi connectivity index (χ0v) is 10.3. The van der Waals surface area contributed by atoms with Crippen LogP contribution in [0.3, 0.4) is 0 Å². The highest BCUT2D eigenvalue weighted by atomic mass is 16.5. The third-order valence-corrected chi connectivity index (χ3v) is 2.42. The van der Waals surface area contributed by atoms with Gasteiger partial charge in [-0.2, -0.15) is 0 Å². The van der Waals surface area contributed by atoms with Gasteiger partial charge in [0.2, 0.25) is 0 Å². The summed E-state index contributed by atoms with van der Waals surface area (Å²) >= 11 is 0. The summed E-state index contributed by atoms with van der Waals surface area (Å²) in [5.41, 5.74) is -0.114. The van der Waals surface area contributed by atoms with Crippen molar-refractivity contribution in [3.8, 4) is 5.75 Å².